The molecule has 0 aliphatic rings. The highest BCUT2D eigenvalue weighted by Gasteiger charge is 2.40. The van der Waals surface area contributed by atoms with Gasteiger partial charge in [0.25, 0.3) is 0 Å². The summed E-state index contributed by atoms with van der Waals surface area (Å²) in [5.74, 6) is 0. The van der Waals surface area contributed by atoms with Crippen molar-refractivity contribution in [2.24, 2.45) is 5.41 Å². The Morgan fingerprint density at radius 3 is 0.830 bits per heavy atom. The van der Waals surface area contributed by atoms with Crippen LogP contribution < -0.4 is 15.6 Å². The van der Waals surface area contributed by atoms with E-state index in [2.05, 4.69) is 97.9 Å². The van der Waals surface area contributed by atoms with Crippen LogP contribution in [-0.4, -0.2) is 68.3 Å². The van der Waals surface area contributed by atoms with Crippen LogP contribution in [0.3, 0.4) is 0 Å². The monoisotopic (exact) mass is 696 g/mol. The average Bonchev–Trinajstić information content (AvgIpc) is 3.14. The fraction of sp³-hybridized carbons (Fsp3) is 0.526. The first kappa shape index (κ1) is 39.5. The first-order chi connectivity index (χ1) is 22.8. The molecule has 0 aromatic heterocycles. The minimum atomic E-state index is -2.45. The molecule has 0 saturated heterocycles. The third-order valence-electron chi connectivity index (χ3n) is 10.2. The third kappa shape index (κ3) is 10.8. The van der Waals surface area contributed by atoms with Crippen LogP contribution in [0.15, 0.2) is 91.0 Å². The van der Waals surface area contributed by atoms with Crippen molar-refractivity contribution < 1.29 is 26.6 Å². The highest BCUT2D eigenvalue weighted by molar-refractivity contribution is 6.82. The lowest BCUT2D eigenvalue weighted by atomic mass is 9.76. The molecular formula is C38H60O6Si3. The number of hydrogen-bond donors (Lipinski definition) is 0. The van der Waals surface area contributed by atoms with E-state index in [1.807, 2.05) is 42.7 Å². The van der Waals surface area contributed by atoms with Crippen molar-refractivity contribution in [2.45, 2.75) is 82.8 Å². The topological polar surface area (TPSA) is 55.4 Å². The van der Waals surface area contributed by atoms with Crippen LogP contribution in [0.1, 0.15) is 64.7 Å². The third-order valence-corrected chi connectivity index (χ3v) is 20.9. The second-order valence-electron chi connectivity index (χ2n) is 13.0. The van der Waals surface area contributed by atoms with E-state index in [1.165, 1.54) is 34.8 Å². The van der Waals surface area contributed by atoms with Crippen LogP contribution in [0.4, 0.5) is 0 Å². The summed E-state index contributed by atoms with van der Waals surface area (Å²) in [5, 5.41) is 3.62. The summed E-state index contributed by atoms with van der Waals surface area (Å²) in [5.41, 5.74) is 0.241. The molecule has 0 fully saturated rings. The van der Waals surface area contributed by atoms with Gasteiger partial charge in [-0.1, -0.05) is 136 Å². The molecule has 260 valence electrons. The number of benzene rings is 3. The van der Waals surface area contributed by atoms with Crippen LogP contribution in [0.2, 0.25) is 18.1 Å². The molecule has 3 aromatic carbocycles. The van der Waals surface area contributed by atoms with Gasteiger partial charge >= 0.3 is 25.7 Å². The Balaban J connectivity index is 1.65. The highest BCUT2D eigenvalue weighted by atomic mass is 28.4. The molecule has 0 atom stereocenters. The Morgan fingerprint density at radius 1 is 0.383 bits per heavy atom. The number of hydrogen-bond acceptors (Lipinski definition) is 6. The zero-order chi connectivity index (χ0) is 34.1. The molecule has 0 aliphatic heterocycles. The van der Waals surface area contributed by atoms with Crippen molar-refractivity contribution in [2.75, 3.05) is 42.7 Å². The van der Waals surface area contributed by atoms with Gasteiger partial charge in [-0.15, -0.1) is 0 Å². The van der Waals surface area contributed by atoms with E-state index in [-0.39, 0.29) is 5.41 Å². The lowest BCUT2D eigenvalue weighted by molar-refractivity contribution is 0.218. The van der Waals surface area contributed by atoms with E-state index >= 15 is 0 Å². The van der Waals surface area contributed by atoms with Gasteiger partial charge in [0.2, 0.25) is 0 Å². The Hall–Kier alpha value is -1.93. The van der Waals surface area contributed by atoms with Gasteiger partial charge in [-0.2, -0.15) is 0 Å². The summed E-state index contributed by atoms with van der Waals surface area (Å²) in [4.78, 5) is 0. The Labute approximate surface area is 288 Å². The van der Waals surface area contributed by atoms with E-state index in [4.69, 9.17) is 26.6 Å². The van der Waals surface area contributed by atoms with Gasteiger partial charge < -0.3 is 26.6 Å². The molecule has 0 bridgehead atoms. The summed E-state index contributed by atoms with van der Waals surface area (Å²) < 4.78 is 36.7. The van der Waals surface area contributed by atoms with E-state index in [0.717, 1.165) is 56.7 Å². The van der Waals surface area contributed by atoms with Gasteiger partial charge in [0.05, 0.1) is 0 Å². The molecule has 0 aliphatic carbocycles. The molecular weight excluding hydrogens is 637 g/mol. The van der Waals surface area contributed by atoms with E-state index in [0.29, 0.717) is 0 Å². The van der Waals surface area contributed by atoms with Crippen LogP contribution in [-0.2, 0) is 26.6 Å². The van der Waals surface area contributed by atoms with Crippen LogP contribution in [0.25, 0.3) is 0 Å². The fourth-order valence-corrected chi connectivity index (χ4v) is 15.4. The van der Waals surface area contributed by atoms with Gasteiger partial charge in [-0.25, -0.2) is 0 Å². The first-order valence-corrected chi connectivity index (χ1v) is 23.3. The van der Waals surface area contributed by atoms with Crippen molar-refractivity contribution in [1.82, 2.24) is 0 Å². The summed E-state index contributed by atoms with van der Waals surface area (Å²) in [6.45, 7) is 2.50. The maximum absolute atomic E-state index is 6.12. The molecule has 9 heteroatoms. The zero-order valence-corrected chi connectivity index (χ0v) is 33.1. The van der Waals surface area contributed by atoms with Crippen molar-refractivity contribution in [3.63, 3.8) is 0 Å². The van der Waals surface area contributed by atoms with Crippen LogP contribution in [0, 0.1) is 5.41 Å². The molecule has 3 aromatic rings. The average molecular weight is 697 g/mol. The SMILES string of the molecule is CO[Si](CCCCC(C)(CCCC[Si](OC)(OC)c1ccccc1)CCCC[Si](OC)(OC)c1ccccc1)(OC)c1ccccc1. The second kappa shape index (κ2) is 19.9. The summed E-state index contributed by atoms with van der Waals surface area (Å²) >= 11 is 0. The van der Waals surface area contributed by atoms with Crippen molar-refractivity contribution >= 4 is 41.2 Å². The van der Waals surface area contributed by atoms with Gasteiger partial charge in [0.15, 0.2) is 0 Å². The molecule has 0 radical (unpaired) electrons. The Kier molecular flexibility index (Phi) is 16.7. The highest BCUT2D eigenvalue weighted by Crippen LogP contribution is 2.38. The molecule has 6 nitrogen and oxygen atoms in total. The van der Waals surface area contributed by atoms with Gasteiger partial charge in [0.1, 0.15) is 0 Å². The fourth-order valence-electron chi connectivity index (χ4n) is 7.18. The summed E-state index contributed by atoms with van der Waals surface area (Å²) in [6, 6.07) is 34.4. The normalized spacial score (nSPS) is 12.8. The molecule has 3 rings (SSSR count). The Morgan fingerprint density at radius 2 is 0.617 bits per heavy atom. The van der Waals surface area contributed by atoms with Gasteiger partial charge in [-0.05, 0) is 58.4 Å². The maximum Gasteiger partial charge on any atom is 0.371 e. The van der Waals surface area contributed by atoms with Gasteiger partial charge in [-0.3, -0.25) is 0 Å². The quantitative estimate of drug-likeness (QED) is 0.0718. The van der Waals surface area contributed by atoms with Crippen molar-refractivity contribution in [3.8, 4) is 0 Å². The van der Waals surface area contributed by atoms with Crippen LogP contribution in [0.5, 0.6) is 0 Å². The largest absolute Gasteiger partial charge is 0.394 e. The van der Waals surface area contributed by atoms with E-state index in [1.54, 1.807) is 0 Å². The maximum atomic E-state index is 6.12. The predicted molar refractivity (Wildman–Crippen MR) is 202 cm³/mol. The minimum Gasteiger partial charge on any atom is -0.394 e. The number of rotatable bonds is 24. The van der Waals surface area contributed by atoms with Gasteiger partial charge in [0, 0.05) is 42.7 Å². The number of unbranched alkanes of at least 4 members (excludes halogenated alkanes) is 3. The molecule has 0 amide bonds. The molecule has 47 heavy (non-hydrogen) atoms. The molecule has 0 N–H and O–H groups in total. The lowest BCUT2D eigenvalue weighted by Crippen LogP contribution is -2.52. The zero-order valence-electron chi connectivity index (χ0n) is 30.1. The molecule has 0 unspecified atom stereocenters. The molecule has 0 spiro atoms. The van der Waals surface area contributed by atoms with E-state index in [9.17, 15) is 0 Å². The predicted octanol–water partition coefficient (Wildman–Crippen LogP) is 7.43. The minimum absolute atomic E-state index is 0.241. The standard InChI is InChI=1S/C38H60O6Si3/c1-38(29-17-20-32-45(39-2,40-3)35-23-11-8-12-24-35,30-18-21-33-46(41-4,42-5)36-25-13-9-14-26-36)31-19-22-34-47(43-6,44-7)37-27-15-10-16-28-37/h8-16,23-28H,17-22,29-34H2,1-7H3. The molecule has 0 heterocycles. The van der Waals surface area contributed by atoms with E-state index < -0.39 is 25.7 Å². The van der Waals surface area contributed by atoms with Crippen molar-refractivity contribution in [3.05, 3.63) is 91.0 Å². The van der Waals surface area contributed by atoms with Crippen molar-refractivity contribution in [1.29, 1.82) is 0 Å². The summed E-state index contributed by atoms with van der Waals surface area (Å²) in [6.07, 6.45) is 10.3. The van der Waals surface area contributed by atoms with Crippen LogP contribution >= 0.6 is 0 Å². The first-order valence-electron chi connectivity index (χ1n) is 17.3. The molecule has 0 saturated carbocycles. The summed E-state index contributed by atoms with van der Waals surface area (Å²) in [7, 11) is 3.52. The lowest BCUT2D eigenvalue weighted by Gasteiger charge is -2.33. The Bertz CT molecular complexity index is 1080. The second-order valence-corrected chi connectivity index (χ2v) is 23.2. The smallest absolute Gasteiger partial charge is 0.371 e.